The summed E-state index contributed by atoms with van der Waals surface area (Å²) in [5.41, 5.74) is 5.58. The van der Waals surface area contributed by atoms with Gasteiger partial charge in [0.2, 0.25) is 0 Å². The third-order valence-corrected chi connectivity index (χ3v) is 5.26. The van der Waals surface area contributed by atoms with Crippen LogP contribution in [0.15, 0.2) is 66.7 Å². The molecule has 0 radical (unpaired) electrons. The molecule has 0 spiro atoms. The minimum atomic E-state index is 0.112. The first-order valence-corrected chi connectivity index (χ1v) is 9.44. The van der Waals surface area contributed by atoms with E-state index in [1.165, 1.54) is 11.1 Å². The fourth-order valence-corrected chi connectivity index (χ4v) is 3.28. The van der Waals surface area contributed by atoms with Crippen molar-refractivity contribution in [2.24, 2.45) is 0 Å². The highest BCUT2D eigenvalue weighted by molar-refractivity contribution is 6.43. The van der Waals surface area contributed by atoms with E-state index in [2.05, 4.69) is 81.1 Å². The van der Waals surface area contributed by atoms with Crippen molar-refractivity contribution in [3.63, 3.8) is 0 Å². The second kappa shape index (κ2) is 7.34. The molecule has 0 aromatic heterocycles. The molecule has 3 aromatic carbocycles. The first kappa shape index (κ1) is 18.8. The molecule has 26 heavy (non-hydrogen) atoms. The average Bonchev–Trinajstić information content (AvgIpc) is 2.60. The Balaban J connectivity index is 2.15. The third kappa shape index (κ3) is 3.90. The lowest BCUT2D eigenvalue weighted by atomic mass is 9.87. The summed E-state index contributed by atoms with van der Waals surface area (Å²) in [6.45, 7) is 8.73. The second-order valence-corrected chi connectivity index (χ2v) is 8.33. The van der Waals surface area contributed by atoms with E-state index >= 15 is 0 Å². The Hall–Kier alpha value is -1.96. The molecule has 0 saturated heterocycles. The van der Waals surface area contributed by atoms with Crippen molar-refractivity contribution in [2.75, 3.05) is 4.90 Å². The van der Waals surface area contributed by atoms with Crippen LogP contribution < -0.4 is 4.90 Å². The van der Waals surface area contributed by atoms with Gasteiger partial charge in [0.05, 0.1) is 15.7 Å². The molecule has 0 heterocycles. The number of anilines is 3. The molecule has 0 fully saturated rings. The summed E-state index contributed by atoms with van der Waals surface area (Å²) in [7, 11) is 0. The largest absolute Gasteiger partial charge is 0.309 e. The first-order chi connectivity index (χ1) is 12.3. The van der Waals surface area contributed by atoms with Gasteiger partial charge < -0.3 is 4.90 Å². The highest BCUT2D eigenvalue weighted by Crippen LogP contribution is 2.41. The topological polar surface area (TPSA) is 3.24 Å². The fourth-order valence-electron chi connectivity index (χ4n) is 2.90. The molecule has 3 aromatic rings. The molecule has 0 aliphatic carbocycles. The molecule has 0 unspecified atom stereocenters. The van der Waals surface area contributed by atoms with E-state index in [-0.39, 0.29) is 5.41 Å². The van der Waals surface area contributed by atoms with Crippen molar-refractivity contribution >= 4 is 40.3 Å². The van der Waals surface area contributed by atoms with Crippen LogP contribution in [0.4, 0.5) is 17.1 Å². The summed E-state index contributed by atoms with van der Waals surface area (Å²) >= 11 is 12.8. The minimum Gasteiger partial charge on any atom is -0.309 e. The molecular weight excluding hydrogens is 361 g/mol. The summed E-state index contributed by atoms with van der Waals surface area (Å²) in [4.78, 5) is 2.14. The SMILES string of the molecule is Cc1ccc(N(c2ccc(C(C)(C)C)cc2)c2cccc(Cl)c2Cl)cc1. The van der Waals surface area contributed by atoms with Gasteiger partial charge in [-0.15, -0.1) is 0 Å². The normalized spacial score (nSPS) is 11.5. The number of halogens is 2. The van der Waals surface area contributed by atoms with Crippen LogP contribution in [0.3, 0.4) is 0 Å². The van der Waals surface area contributed by atoms with Crippen LogP contribution in [0.25, 0.3) is 0 Å². The van der Waals surface area contributed by atoms with Crippen LogP contribution >= 0.6 is 23.2 Å². The number of aryl methyl sites for hydroxylation is 1. The number of hydrogen-bond donors (Lipinski definition) is 0. The first-order valence-electron chi connectivity index (χ1n) is 8.69. The van der Waals surface area contributed by atoms with E-state index in [4.69, 9.17) is 23.2 Å². The van der Waals surface area contributed by atoms with E-state index in [9.17, 15) is 0 Å². The van der Waals surface area contributed by atoms with Gasteiger partial charge in [-0.3, -0.25) is 0 Å². The van der Waals surface area contributed by atoms with Crippen LogP contribution in [-0.4, -0.2) is 0 Å². The molecule has 0 atom stereocenters. The van der Waals surface area contributed by atoms with Crippen LogP contribution in [0.1, 0.15) is 31.9 Å². The van der Waals surface area contributed by atoms with Crippen LogP contribution in [0, 0.1) is 6.92 Å². The van der Waals surface area contributed by atoms with Crippen LogP contribution in [0.2, 0.25) is 10.0 Å². The summed E-state index contributed by atoms with van der Waals surface area (Å²) in [5, 5.41) is 1.10. The molecule has 0 aliphatic rings. The molecule has 0 bridgehead atoms. The fraction of sp³-hybridized carbons (Fsp3) is 0.217. The Labute approximate surface area is 166 Å². The van der Waals surface area contributed by atoms with Gasteiger partial charge in [-0.2, -0.15) is 0 Å². The Morgan fingerprint density at radius 2 is 1.27 bits per heavy atom. The number of hydrogen-bond acceptors (Lipinski definition) is 1. The molecule has 0 aliphatic heterocycles. The molecule has 1 nitrogen and oxygen atoms in total. The van der Waals surface area contributed by atoms with Crippen molar-refractivity contribution in [3.05, 3.63) is 87.9 Å². The molecular formula is C23H23Cl2N. The second-order valence-electron chi connectivity index (χ2n) is 7.54. The number of rotatable bonds is 3. The van der Waals surface area contributed by atoms with Gasteiger partial charge >= 0.3 is 0 Å². The predicted molar refractivity (Wildman–Crippen MR) is 115 cm³/mol. The van der Waals surface area contributed by atoms with E-state index < -0.39 is 0 Å². The lowest BCUT2D eigenvalue weighted by Gasteiger charge is -2.28. The van der Waals surface area contributed by atoms with Gasteiger partial charge in [-0.05, 0) is 54.3 Å². The summed E-state index contributed by atoms with van der Waals surface area (Å²) in [6, 6.07) is 22.8. The monoisotopic (exact) mass is 383 g/mol. The van der Waals surface area contributed by atoms with E-state index in [1.807, 2.05) is 18.2 Å². The Bertz CT molecular complexity index is 891. The van der Waals surface area contributed by atoms with Gasteiger partial charge in [0.15, 0.2) is 0 Å². The number of nitrogens with zero attached hydrogens (tertiary/aromatic N) is 1. The highest BCUT2D eigenvalue weighted by atomic mass is 35.5. The van der Waals surface area contributed by atoms with Crippen LogP contribution in [-0.2, 0) is 5.41 Å². The maximum absolute atomic E-state index is 6.55. The Morgan fingerprint density at radius 3 is 1.81 bits per heavy atom. The van der Waals surface area contributed by atoms with Gasteiger partial charge in [-0.25, -0.2) is 0 Å². The van der Waals surface area contributed by atoms with Crippen molar-refractivity contribution in [2.45, 2.75) is 33.1 Å². The number of benzene rings is 3. The molecule has 0 amide bonds. The summed E-state index contributed by atoms with van der Waals surface area (Å²) in [6.07, 6.45) is 0. The quantitative estimate of drug-likeness (QED) is 0.441. The van der Waals surface area contributed by atoms with Crippen LogP contribution in [0.5, 0.6) is 0 Å². The van der Waals surface area contributed by atoms with E-state index in [0.717, 1.165) is 17.1 Å². The standard InChI is InChI=1S/C23H23Cl2N/c1-16-8-12-18(13-9-16)26(21-7-5-6-20(24)22(21)25)19-14-10-17(11-15-19)23(2,3)4/h5-15H,1-4H3. The predicted octanol–water partition coefficient (Wildman–Crippen LogP) is 8.07. The maximum Gasteiger partial charge on any atom is 0.0832 e. The highest BCUT2D eigenvalue weighted by Gasteiger charge is 2.18. The Morgan fingerprint density at radius 1 is 0.731 bits per heavy atom. The third-order valence-electron chi connectivity index (χ3n) is 4.46. The smallest absolute Gasteiger partial charge is 0.0832 e. The maximum atomic E-state index is 6.55. The lowest BCUT2D eigenvalue weighted by molar-refractivity contribution is 0.590. The zero-order valence-electron chi connectivity index (χ0n) is 15.6. The molecule has 134 valence electrons. The zero-order valence-corrected chi connectivity index (χ0v) is 17.1. The van der Waals surface area contributed by atoms with E-state index in [1.54, 1.807) is 0 Å². The summed E-state index contributed by atoms with van der Waals surface area (Å²) in [5.74, 6) is 0. The molecule has 3 rings (SSSR count). The van der Waals surface area contributed by atoms with Gasteiger partial charge in [0.25, 0.3) is 0 Å². The van der Waals surface area contributed by atoms with Crippen molar-refractivity contribution < 1.29 is 0 Å². The average molecular weight is 384 g/mol. The minimum absolute atomic E-state index is 0.112. The van der Waals surface area contributed by atoms with Crippen molar-refractivity contribution in [1.82, 2.24) is 0 Å². The van der Waals surface area contributed by atoms with Gasteiger partial charge in [-0.1, -0.05) is 79.9 Å². The lowest BCUT2D eigenvalue weighted by Crippen LogP contribution is -2.13. The molecule has 0 N–H and O–H groups in total. The Kier molecular flexibility index (Phi) is 5.32. The van der Waals surface area contributed by atoms with Crippen molar-refractivity contribution in [1.29, 1.82) is 0 Å². The van der Waals surface area contributed by atoms with Gasteiger partial charge in [0.1, 0.15) is 0 Å². The zero-order chi connectivity index (χ0) is 18.9. The molecule has 0 saturated carbocycles. The molecule has 3 heteroatoms. The summed E-state index contributed by atoms with van der Waals surface area (Å²) < 4.78 is 0. The van der Waals surface area contributed by atoms with E-state index in [0.29, 0.717) is 10.0 Å². The van der Waals surface area contributed by atoms with Crippen molar-refractivity contribution in [3.8, 4) is 0 Å². The van der Waals surface area contributed by atoms with Gasteiger partial charge in [0, 0.05) is 11.4 Å².